The van der Waals surface area contributed by atoms with Gasteiger partial charge in [-0.05, 0) is 41.0 Å². The van der Waals surface area contributed by atoms with E-state index in [-0.39, 0.29) is 0 Å². The molecule has 184 valence electrons. The third kappa shape index (κ3) is 4.44. The SMILES string of the molecule is Clc1cccc(Nc2nccc(-c3c[nH]c(C(c4ccccc4)(c4ccccc4)c4ccccc4)n3)n2)c1. The number of rotatable bonds is 7. The zero-order valence-corrected chi connectivity index (χ0v) is 21.2. The molecule has 6 aromatic rings. The number of aromatic nitrogens is 4. The number of aromatic amines is 1. The lowest BCUT2D eigenvalue weighted by Gasteiger charge is -2.34. The minimum atomic E-state index is -0.656. The van der Waals surface area contributed by atoms with Crippen molar-refractivity contribution in [3.05, 3.63) is 161 Å². The number of anilines is 2. The smallest absolute Gasteiger partial charge is 0.227 e. The van der Waals surface area contributed by atoms with Crippen LogP contribution in [0.4, 0.5) is 11.6 Å². The van der Waals surface area contributed by atoms with Crippen LogP contribution < -0.4 is 5.32 Å². The first-order chi connectivity index (χ1) is 18.7. The summed E-state index contributed by atoms with van der Waals surface area (Å²) >= 11 is 6.14. The van der Waals surface area contributed by atoms with Gasteiger partial charge in [-0.25, -0.2) is 15.0 Å². The molecule has 0 unspecified atom stereocenters. The fraction of sp³-hybridized carbons (Fsp3) is 0.0312. The molecule has 0 saturated heterocycles. The summed E-state index contributed by atoms with van der Waals surface area (Å²) in [5, 5.41) is 3.87. The largest absolute Gasteiger partial charge is 0.347 e. The van der Waals surface area contributed by atoms with Gasteiger partial charge in [0.25, 0.3) is 0 Å². The molecule has 38 heavy (non-hydrogen) atoms. The molecule has 0 aliphatic rings. The minimum Gasteiger partial charge on any atom is -0.347 e. The van der Waals surface area contributed by atoms with Crippen LogP contribution in [0.1, 0.15) is 22.5 Å². The maximum Gasteiger partial charge on any atom is 0.227 e. The summed E-state index contributed by atoms with van der Waals surface area (Å²) in [4.78, 5) is 17.8. The zero-order chi connectivity index (χ0) is 25.8. The third-order valence-corrected chi connectivity index (χ3v) is 6.79. The average molecular weight is 514 g/mol. The Balaban J connectivity index is 1.48. The summed E-state index contributed by atoms with van der Waals surface area (Å²) in [6.45, 7) is 0. The molecule has 6 heteroatoms. The lowest BCUT2D eigenvalue weighted by atomic mass is 9.69. The minimum absolute atomic E-state index is 0.467. The quantitative estimate of drug-likeness (QED) is 0.215. The summed E-state index contributed by atoms with van der Waals surface area (Å²) < 4.78 is 0. The fourth-order valence-corrected chi connectivity index (χ4v) is 5.07. The number of nitrogens with one attached hydrogen (secondary N) is 2. The van der Waals surface area contributed by atoms with E-state index >= 15 is 0 Å². The molecule has 0 atom stereocenters. The first kappa shape index (κ1) is 23.6. The Morgan fingerprint density at radius 2 is 1.24 bits per heavy atom. The van der Waals surface area contributed by atoms with Gasteiger partial charge in [-0.1, -0.05) is 109 Å². The van der Waals surface area contributed by atoms with Crippen LogP contribution >= 0.6 is 11.6 Å². The number of hydrogen-bond donors (Lipinski definition) is 2. The zero-order valence-electron chi connectivity index (χ0n) is 20.4. The fourth-order valence-electron chi connectivity index (χ4n) is 4.88. The highest BCUT2D eigenvalue weighted by atomic mass is 35.5. The number of halogens is 1. The van der Waals surface area contributed by atoms with E-state index in [9.17, 15) is 0 Å². The number of imidazole rings is 1. The van der Waals surface area contributed by atoms with Crippen LogP contribution in [0.25, 0.3) is 11.4 Å². The molecular formula is C32H24ClN5. The van der Waals surface area contributed by atoms with E-state index in [0.717, 1.165) is 33.9 Å². The van der Waals surface area contributed by atoms with Crippen molar-refractivity contribution in [2.45, 2.75) is 5.41 Å². The number of nitrogens with zero attached hydrogens (tertiary/aromatic N) is 3. The molecule has 2 N–H and O–H groups in total. The highest BCUT2D eigenvalue weighted by Crippen LogP contribution is 2.44. The van der Waals surface area contributed by atoms with E-state index in [1.807, 2.05) is 54.7 Å². The van der Waals surface area contributed by atoms with Gasteiger partial charge >= 0.3 is 0 Å². The molecule has 0 fully saturated rings. The van der Waals surface area contributed by atoms with E-state index in [4.69, 9.17) is 21.6 Å². The Hall–Kier alpha value is -4.74. The van der Waals surface area contributed by atoms with Gasteiger partial charge in [0.15, 0.2) is 0 Å². The van der Waals surface area contributed by atoms with E-state index in [0.29, 0.717) is 16.7 Å². The maximum absolute atomic E-state index is 6.14. The van der Waals surface area contributed by atoms with Gasteiger partial charge in [0.2, 0.25) is 5.95 Å². The molecule has 5 nitrogen and oxygen atoms in total. The van der Waals surface area contributed by atoms with Gasteiger partial charge in [-0.2, -0.15) is 0 Å². The average Bonchev–Trinajstić information content (AvgIpc) is 3.46. The van der Waals surface area contributed by atoms with Crippen molar-refractivity contribution < 1.29 is 0 Å². The molecule has 0 saturated carbocycles. The number of hydrogen-bond acceptors (Lipinski definition) is 4. The normalized spacial score (nSPS) is 11.3. The van der Waals surface area contributed by atoms with Crippen molar-refractivity contribution in [2.24, 2.45) is 0 Å². The molecule has 0 radical (unpaired) electrons. The highest BCUT2D eigenvalue weighted by Gasteiger charge is 2.41. The summed E-state index contributed by atoms with van der Waals surface area (Å²) in [5.74, 6) is 1.27. The Morgan fingerprint density at radius 3 is 1.82 bits per heavy atom. The molecule has 4 aromatic carbocycles. The lowest BCUT2D eigenvalue weighted by molar-refractivity contribution is 0.692. The van der Waals surface area contributed by atoms with Crippen molar-refractivity contribution >= 4 is 23.2 Å². The second-order valence-corrected chi connectivity index (χ2v) is 9.32. The van der Waals surface area contributed by atoms with Crippen LogP contribution in [0.15, 0.2) is 134 Å². The standard InChI is InChI=1S/C32H24ClN5/c33-26-17-10-18-27(21-26)36-31-34-20-19-28(38-31)29-22-35-30(37-29)32(23-11-4-1-5-12-23,24-13-6-2-7-14-24)25-15-8-3-9-16-25/h1-22H,(H,35,37)(H,34,36,38). The molecule has 0 aliphatic heterocycles. The Morgan fingerprint density at radius 1 is 0.632 bits per heavy atom. The van der Waals surface area contributed by atoms with Crippen LogP contribution in [0, 0.1) is 0 Å². The molecule has 2 heterocycles. The van der Waals surface area contributed by atoms with E-state index in [1.165, 1.54) is 0 Å². The summed E-state index contributed by atoms with van der Waals surface area (Å²) in [7, 11) is 0. The highest BCUT2D eigenvalue weighted by molar-refractivity contribution is 6.30. The van der Waals surface area contributed by atoms with E-state index in [1.54, 1.807) is 6.20 Å². The van der Waals surface area contributed by atoms with E-state index in [2.05, 4.69) is 88.1 Å². The van der Waals surface area contributed by atoms with Crippen LogP contribution in [0.3, 0.4) is 0 Å². The van der Waals surface area contributed by atoms with Crippen LogP contribution in [0.5, 0.6) is 0 Å². The van der Waals surface area contributed by atoms with Crippen LogP contribution in [0.2, 0.25) is 5.02 Å². The van der Waals surface area contributed by atoms with Crippen molar-refractivity contribution in [3.63, 3.8) is 0 Å². The molecule has 0 spiro atoms. The first-order valence-electron chi connectivity index (χ1n) is 12.3. The molecule has 0 amide bonds. The van der Waals surface area contributed by atoms with Gasteiger partial charge in [0.05, 0.1) is 5.69 Å². The van der Waals surface area contributed by atoms with Gasteiger partial charge in [0, 0.05) is 23.1 Å². The van der Waals surface area contributed by atoms with Crippen molar-refractivity contribution in [3.8, 4) is 11.4 Å². The van der Waals surface area contributed by atoms with Gasteiger partial charge in [0.1, 0.15) is 16.9 Å². The van der Waals surface area contributed by atoms with Gasteiger partial charge in [-0.3, -0.25) is 0 Å². The molecule has 0 aliphatic carbocycles. The Labute approximate surface area is 226 Å². The van der Waals surface area contributed by atoms with E-state index < -0.39 is 5.41 Å². The Bertz CT molecular complexity index is 1550. The summed E-state index contributed by atoms with van der Waals surface area (Å²) in [5.41, 5.74) is 4.93. The number of benzene rings is 4. The van der Waals surface area contributed by atoms with Crippen molar-refractivity contribution in [2.75, 3.05) is 5.32 Å². The third-order valence-electron chi connectivity index (χ3n) is 6.55. The van der Waals surface area contributed by atoms with Gasteiger partial charge in [-0.15, -0.1) is 0 Å². The predicted molar refractivity (Wildman–Crippen MR) is 153 cm³/mol. The topological polar surface area (TPSA) is 66.5 Å². The van der Waals surface area contributed by atoms with Gasteiger partial charge < -0.3 is 10.3 Å². The summed E-state index contributed by atoms with van der Waals surface area (Å²) in [6, 6.07) is 40.7. The van der Waals surface area contributed by atoms with Crippen molar-refractivity contribution in [1.82, 2.24) is 19.9 Å². The number of H-pyrrole nitrogens is 1. The van der Waals surface area contributed by atoms with Crippen LogP contribution in [-0.4, -0.2) is 19.9 Å². The Kier molecular flexibility index (Phi) is 6.42. The first-order valence-corrected chi connectivity index (χ1v) is 12.7. The monoisotopic (exact) mass is 513 g/mol. The lowest BCUT2D eigenvalue weighted by Crippen LogP contribution is -2.32. The second-order valence-electron chi connectivity index (χ2n) is 8.88. The molecular weight excluding hydrogens is 490 g/mol. The summed E-state index contributed by atoms with van der Waals surface area (Å²) in [6.07, 6.45) is 3.63. The molecule has 2 aromatic heterocycles. The second kappa shape index (κ2) is 10.3. The molecule has 6 rings (SSSR count). The van der Waals surface area contributed by atoms with Crippen LogP contribution in [-0.2, 0) is 5.41 Å². The van der Waals surface area contributed by atoms with Crippen molar-refractivity contribution in [1.29, 1.82) is 0 Å². The predicted octanol–water partition coefficient (Wildman–Crippen LogP) is 7.65. The maximum atomic E-state index is 6.14. The molecule has 0 bridgehead atoms.